The average Bonchev–Trinajstić information content (AvgIpc) is 3.02. The van der Waals surface area contributed by atoms with Crippen molar-refractivity contribution >= 4 is 21.5 Å². The van der Waals surface area contributed by atoms with Crippen molar-refractivity contribution in [2.24, 2.45) is 0 Å². The van der Waals surface area contributed by atoms with E-state index in [-0.39, 0.29) is 0 Å². The standard InChI is InChI=1S/C38H58O4/c39-29-21-13-9-5-1-3-7-11-15-23-31-41-37-33-25-17-19-27-35(33)38(36-28-20-18-26-34(36)37)42-32-24-16-12-8-4-2-6-10-14-22-30-40/h17-20,25-28,39-40H,1-16,21-24,29-32H2. The summed E-state index contributed by atoms with van der Waals surface area (Å²) < 4.78 is 13.0. The normalized spacial score (nSPS) is 11.5. The van der Waals surface area contributed by atoms with E-state index in [1.165, 1.54) is 103 Å². The van der Waals surface area contributed by atoms with Crippen LogP contribution in [0.2, 0.25) is 0 Å². The SMILES string of the molecule is OCCCCCCCCCCCCOc1c2ccccc2c(OCCCCCCCCCCCCO)c2ccccc12. The van der Waals surface area contributed by atoms with Gasteiger partial charge in [-0.15, -0.1) is 0 Å². The van der Waals surface area contributed by atoms with Gasteiger partial charge >= 0.3 is 0 Å². The lowest BCUT2D eigenvalue weighted by atomic mass is 10.0. The molecule has 0 aliphatic rings. The molecule has 0 unspecified atom stereocenters. The minimum atomic E-state index is 0.334. The molecule has 3 aromatic carbocycles. The first-order valence-electron chi connectivity index (χ1n) is 17.3. The van der Waals surface area contributed by atoms with E-state index < -0.39 is 0 Å². The van der Waals surface area contributed by atoms with Crippen LogP contribution in [-0.4, -0.2) is 36.6 Å². The van der Waals surface area contributed by atoms with Gasteiger partial charge in [-0.25, -0.2) is 0 Å². The molecule has 0 aromatic heterocycles. The van der Waals surface area contributed by atoms with Crippen LogP contribution in [0.15, 0.2) is 48.5 Å². The van der Waals surface area contributed by atoms with Gasteiger partial charge in [0.1, 0.15) is 11.5 Å². The topological polar surface area (TPSA) is 58.9 Å². The zero-order chi connectivity index (χ0) is 29.5. The summed E-state index contributed by atoms with van der Waals surface area (Å²) in [6.07, 6.45) is 24.4. The first-order valence-corrected chi connectivity index (χ1v) is 17.3. The van der Waals surface area contributed by atoms with Crippen LogP contribution in [-0.2, 0) is 0 Å². The van der Waals surface area contributed by atoms with Crippen LogP contribution in [0.4, 0.5) is 0 Å². The van der Waals surface area contributed by atoms with Crippen molar-refractivity contribution in [2.45, 2.75) is 128 Å². The van der Waals surface area contributed by atoms with Gasteiger partial charge in [-0.3, -0.25) is 0 Å². The highest BCUT2D eigenvalue weighted by Gasteiger charge is 2.15. The molecule has 0 fully saturated rings. The number of ether oxygens (including phenoxy) is 2. The Kier molecular flexibility index (Phi) is 18.1. The van der Waals surface area contributed by atoms with Crippen molar-refractivity contribution in [2.75, 3.05) is 26.4 Å². The minimum Gasteiger partial charge on any atom is -0.492 e. The summed E-state index contributed by atoms with van der Waals surface area (Å²) >= 11 is 0. The molecule has 0 spiro atoms. The van der Waals surface area contributed by atoms with Gasteiger partial charge in [0.15, 0.2) is 0 Å². The fourth-order valence-corrected chi connectivity index (χ4v) is 5.96. The minimum absolute atomic E-state index is 0.334. The van der Waals surface area contributed by atoms with Crippen LogP contribution in [0.3, 0.4) is 0 Å². The second-order valence-electron chi connectivity index (χ2n) is 12.0. The van der Waals surface area contributed by atoms with Crippen LogP contribution in [0, 0.1) is 0 Å². The number of rotatable bonds is 26. The van der Waals surface area contributed by atoms with E-state index in [1.807, 2.05) is 0 Å². The molecule has 0 aliphatic carbocycles. The maximum atomic E-state index is 8.87. The molecule has 0 amide bonds. The van der Waals surface area contributed by atoms with Crippen molar-refractivity contribution in [3.05, 3.63) is 48.5 Å². The van der Waals surface area contributed by atoms with Crippen LogP contribution >= 0.6 is 0 Å². The summed E-state index contributed by atoms with van der Waals surface area (Å²) in [4.78, 5) is 0. The van der Waals surface area contributed by atoms with E-state index in [4.69, 9.17) is 19.7 Å². The van der Waals surface area contributed by atoms with E-state index >= 15 is 0 Å². The van der Waals surface area contributed by atoms with Gasteiger partial charge in [0.25, 0.3) is 0 Å². The lowest BCUT2D eigenvalue weighted by molar-refractivity contribution is 0.282. The van der Waals surface area contributed by atoms with Gasteiger partial charge in [0.05, 0.1) is 13.2 Å². The Labute approximate surface area is 255 Å². The summed E-state index contributed by atoms with van der Waals surface area (Å²) in [5.74, 6) is 1.99. The van der Waals surface area contributed by atoms with E-state index in [2.05, 4.69) is 48.5 Å². The third-order valence-corrected chi connectivity index (χ3v) is 8.43. The molecule has 4 heteroatoms. The third-order valence-electron chi connectivity index (χ3n) is 8.43. The Hall–Kier alpha value is -2.30. The molecule has 0 heterocycles. The van der Waals surface area contributed by atoms with Crippen LogP contribution in [0.1, 0.15) is 128 Å². The molecule has 0 atom stereocenters. The van der Waals surface area contributed by atoms with E-state index in [0.717, 1.165) is 71.9 Å². The van der Waals surface area contributed by atoms with Crippen molar-refractivity contribution in [3.8, 4) is 11.5 Å². The molecular weight excluding hydrogens is 520 g/mol. The van der Waals surface area contributed by atoms with Gasteiger partial charge in [0.2, 0.25) is 0 Å². The lowest BCUT2D eigenvalue weighted by Gasteiger charge is -2.18. The molecule has 3 aromatic rings. The van der Waals surface area contributed by atoms with Crippen LogP contribution in [0.25, 0.3) is 21.5 Å². The van der Waals surface area contributed by atoms with E-state index in [9.17, 15) is 0 Å². The molecule has 4 nitrogen and oxygen atoms in total. The summed E-state index contributed by atoms with van der Waals surface area (Å²) in [7, 11) is 0. The van der Waals surface area contributed by atoms with Gasteiger partial charge in [-0.05, 0) is 25.7 Å². The van der Waals surface area contributed by atoms with Gasteiger partial charge in [0, 0.05) is 34.8 Å². The number of aliphatic hydroxyl groups is 2. The molecule has 42 heavy (non-hydrogen) atoms. The van der Waals surface area contributed by atoms with E-state index in [0.29, 0.717) is 13.2 Å². The number of unbranched alkanes of at least 4 members (excludes halogenated alkanes) is 18. The molecule has 0 saturated heterocycles. The molecule has 0 bridgehead atoms. The fourth-order valence-electron chi connectivity index (χ4n) is 5.96. The number of hydrogen-bond acceptors (Lipinski definition) is 4. The largest absolute Gasteiger partial charge is 0.492 e. The number of benzene rings is 3. The van der Waals surface area contributed by atoms with Gasteiger partial charge < -0.3 is 19.7 Å². The summed E-state index contributed by atoms with van der Waals surface area (Å²) in [5, 5.41) is 22.3. The Balaban J connectivity index is 1.43. The number of fused-ring (bicyclic) bond motifs is 2. The lowest BCUT2D eigenvalue weighted by Crippen LogP contribution is -2.02. The second-order valence-corrected chi connectivity index (χ2v) is 12.0. The van der Waals surface area contributed by atoms with Crippen molar-refractivity contribution < 1.29 is 19.7 Å². The van der Waals surface area contributed by atoms with E-state index in [1.54, 1.807) is 0 Å². The highest BCUT2D eigenvalue weighted by atomic mass is 16.5. The monoisotopic (exact) mass is 578 g/mol. The quantitative estimate of drug-likeness (QED) is 0.0735. The van der Waals surface area contributed by atoms with Crippen molar-refractivity contribution in [1.29, 1.82) is 0 Å². The Morgan fingerprint density at radius 1 is 0.333 bits per heavy atom. The first kappa shape index (κ1) is 34.2. The maximum absolute atomic E-state index is 8.87. The molecule has 0 aliphatic heterocycles. The van der Waals surface area contributed by atoms with Crippen molar-refractivity contribution in [3.63, 3.8) is 0 Å². The maximum Gasteiger partial charge on any atom is 0.135 e. The summed E-state index contributed by atoms with van der Waals surface area (Å²) in [5.41, 5.74) is 0. The van der Waals surface area contributed by atoms with Gasteiger partial charge in [-0.2, -0.15) is 0 Å². The molecule has 0 saturated carbocycles. The Morgan fingerprint density at radius 3 is 0.833 bits per heavy atom. The number of aliphatic hydroxyl groups excluding tert-OH is 2. The molecular formula is C38H58O4. The van der Waals surface area contributed by atoms with Crippen LogP contribution in [0.5, 0.6) is 11.5 Å². The predicted octanol–water partition coefficient (Wildman–Crippen LogP) is 10.5. The average molecular weight is 579 g/mol. The zero-order valence-electron chi connectivity index (χ0n) is 26.3. The smallest absolute Gasteiger partial charge is 0.135 e. The summed E-state index contributed by atoms with van der Waals surface area (Å²) in [6, 6.07) is 17.1. The second kappa shape index (κ2) is 22.3. The highest BCUT2D eigenvalue weighted by Crippen LogP contribution is 2.42. The third kappa shape index (κ3) is 12.5. The van der Waals surface area contributed by atoms with Crippen LogP contribution < -0.4 is 9.47 Å². The Bertz CT molecular complexity index is 952. The fraction of sp³-hybridized carbons (Fsp3) is 0.632. The predicted molar refractivity (Wildman–Crippen MR) is 179 cm³/mol. The van der Waals surface area contributed by atoms with Crippen molar-refractivity contribution in [1.82, 2.24) is 0 Å². The Morgan fingerprint density at radius 2 is 0.571 bits per heavy atom. The molecule has 3 rings (SSSR count). The summed E-state index contributed by atoms with van der Waals surface area (Å²) in [6.45, 7) is 2.16. The molecule has 2 N–H and O–H groups in total. The highest BCUT2D eigenvalue weighted by molar-refractivity contribution is 6.11. The first-order chi connectivity index (χ1) is 20.9. The molecule has 0 radical (unpaired) electrons. The zero-order valence-corrected chi connectivity index (χ0v) is 26.3. The van der Waals surface area contributed by atoms with Gasteiger partial charge in [-0.1, -0.05) is 151 Å². The molecule has 234 valence electrons. The number of hydrogen-bond donors (Lipinski definition) is 2.